The molecule has 0 fully saturated rings. The topological polar surface area (TPSA) is 130 Å². The van der Waals surface area contributed by atoms with E-state index >= 15 is 0 Å². The fraction of sp³-hybridized carbons (Fsp3) is 0.312. The summed E-state index contributed by atoms with van der Waals surface area (Å²) < 4.78 is 34.2. The number of hydrogen-bond acceptors (Lipinski definition) is 8. The Labute approximate surface area is 258 Å². The van der Waals surface area contributed by atoms with Crippen LogP contribution in [-0.2, 0) is 15.4 Å². The summed E-state index contributed by atoms with van der Waals surface area (Å²) in [7, 11) is -2.17. The van der Waals surface area contributed by atoms with Crippen LogP contribution in [0, 0.1) is 13.8 Å². The number of hydrogen-bond donors (Lipinski definition) is 2. The van der Waals surface area contributed by atoms with Gasteiger partial charge in [-0.05, 0) is 66.8 Å². The predicted octanol–water partition coefficient (Wildman–Crippen LogP) is 6.35. The molecule has 0 radical (unpaired) electrons. The Morgan fingerprint density at radius 1 is 1.02 bits per heavy atom. The van der Waals surface area contributed by atoms with Gasteiger partial charge in [-0.15, -0.1) is 0 Å². The van der Waals surface area contributed by atoms with E-state index in [4.69, 9.17) is 4.74 Å². The average molecular weight is 616 g/mol. The van der Waals surface area contributed by atoms with E-state index < -0.39 is 10.0 Å². The smallest absolute Gasteiger partial charge is 0.255 e. The van der Waals surface area contributed by atoms with Crippen molar-refractivity contribution >= 4 is 33.0 Å². The summed E-state index contributed by atoms with van der Waals surface area (Å²) in [6.45, 7) is 10.5. The number of benzene rings is 3. The molecule has 0 spiro atoms. The lowest BCUT2D eigenvalue weighted by Gasteiger charge is -2.24. The molecule has 1 unspecified atom stereocenters. The number of carbonyl (C=O) groups excluding carboxylic acids is 1. The summed E-state index contributed by atoms with van der Waals surface area (Å²) >= 11 is 0. The second kappa shape index (κ2) is 11.8. The molecule has 1 aromatic heterocycles. The number of anilines is 3. The molecule has 2 N–H and O–H groups in total. The van der Waals surface area contributed by atoms with Crippen molar-refractivity contribution in [3.63, 3.8) is 0 Å². The second-order valence-electron chi connectivity index (χ2n) is 11.9. The fourth-order valence-corrected chi connectivity index (χ4v) is 5.67. The van der Waals surface area contributed by atoms with E-state index in [-0.39, 0.29) is 28.8 Å². The molecule has 0 saturated carbocycles. The Bertz CT molecular complexity index is 1840. The van der Waals surface area contributed by atoms with Gasteiger partial charge in [0, 0.05) is 16.8 Å². The average Bonchev–Trinajstić information content (AvgIpc) is 3.59. The fourth-order valence-electron chi connectivity index (χ4n) is 5.12. The van der Waals surface area contributed by atoms with Gasteiger partial charge in [0.05, 0.1) is 48.9 Å². The van der Waals surface area contributed by atoms with Crippen molar-refractivity contribution in [1.29, 1.82) is 0 Å². The molecule has 0 saturated heterocycles. The van der Waals surface area contributed by atoms with Crippen LogP contribution < -0.4 is 19.8 Å². The lowest BCUT2D eigenvalue weighted by atomic mass is 9.86. The Kier molecular flexibility index (Phi) is 8.21. The van der Waals surface area contributed by atoms with E-state index in [1.807, 2.05) is 81.9 Å². The highest BCUT2D eigenvalue weighted by Gasteiger charge is 2.28. The van der Waals surface area contributed by atoms with Crippen LogP contribution in [0.3, 0.4) is 0 Å². The van der Waals surface area contributed by atoms with E-state index in [1.165, 1.54) is 7.11 Å². The molecular weight excluding hydrogens is 578 g/mol. The van der Waals surface area contributed by atoms with Gasteiger partial charge in [0.2, 0.25) is 10.0 Å². The van der Waals surface area contributed by atoms with Crippen LogP contribution in [0.5, 0.6) is 5.75 Å². The van der Waals surface area contributed by atoms with Gasteiger partial charge in [-0.2, -0.15) is 10.2 Å². The molecule has 12 heteroatoms. The third kappa shape index (κ3) is 6.45. The maximum Gasteiger partial charge on any atom is 0.255 e. The van der Waals surface area contributed by atoms with Gasteiger partial charge in [0.15, 0.2) is 5.75 Å². The highest BCUT2D eigenvalue weighted by atomic mass is 32.2. The summed E-state index contributed by atoms with van der Waals surface area (Å²) in [5.41, 5.74) is 6.13. The van der Waals surface area contributed by atoms with Crippen LogP contribution >= 0.6 is 0 Å². The minimum atomic E-state index is -3.60. The molecule has 11 nitrogen and oxygen atoms in total. The van der Waals surface area contributed by atoms with Crippen LogP contribution in [0.15, 0.2) is 77.2 Å². The SMILES string of the molecule is COc1c(NC(=O)c2ccc(C)c(N3CC(c4cnn(-c5ccccc5)c4C)N=N3)c2)cc(C(C)(C)C)cc1NS(C)(=O)=O. The Morgan fingerprint density at radius 3 is 2.39 bits per heavy atom. The number of para-hydroxylation sites is 1. The third-order valence-electron chi connectivity index (χ3n) is 7.50. The van der Waals surface area contributed by atoms with E-state index in [0.29, 0.717) is 17.8 Å². The number of aryl methyl sites for hydroxylation is 1. The van der Waals surface area contributed by atoms with E-state index in [1.54, 1.807) is 29.3 Å². The minimum absolute atomic E-state index is 0.213. The van der Waals surface area contributed by atoms with Crippen molar-refractivity contribution in [2.45, 2.75) is 46.1 Å². The number of methoxy groups -OCH3 is 1. The van der Waals surface area contributed by atoms with E-state index in [0.717, 1.165) is 40.0 Å². The molecule has 1 aliphatic rings. The maximum atomic E-state index is 13.6. The molecule has 230 valence electrons. The van der Waals surface area contributed by atoms with Crippen LogP contribution in [0.1, 0.15) is 59.6 Å². The van der Waals surface area contributed by atoms with Crippen molar-refractivity contribution in [2.24, 2.45) is 10.3 Å². The monoisotopic (exact) mass is 615 g/mol. The van der Waals surface area contributed by atoms with Crippen molar-refractivity contribution in [3.05, 3.63) is 94.8 Å². The summed E-state index contributed by atoms with van der Waals surface area (Å²) in [4.78, 5) is 13.6. The third-order valence-corrected chi connectivity index (χ3v) is 8.10. The van der Waals surface area contributed by atoms with Crippen molar-refractivity contribution in [2.75, 3.05) is 35.0 Å². The minimum Gasteiger partial charge on any atom is -0.492 e. The summed E-state index contributed by atoms with van der Waals surface area (Å²) in [6, 6.07) is 18.6. The summed E-state index contributed by atoms with van der Waals surface area (Å²) in [5, 5.41) is 18.3. The highest BCUT2D eigenvalue weighted by Crippen LogP contribution is 2.40. The van der Waals surface area contributed by atoms with Crippen molar-refractivity contribution in [1.82, 2.24) is 9.78 Å². The van der Waals surface area contributed by atoms with Gasteiger partial charge >= 0.3 is 0 Å². The number of nitrogens with zero attached hydrogens (tertiary/aromatic N) is 5. The van der Waals surface area contributed by atoms with Gasteiger partial charge in [-0.3, -0.25) is 9.52 Å². The Balaban J connectivity index is 1.40. The first kappa shape index (κ1) is 30.7. The largest absolute Gasteiger partial charge is 0.492 e. The number of sulfonamides is 1. The van der Waals surface area contributed by atoms with Crippen LogP contribution in [0.4, 0.5) is 17.1 Å². The number of carbonyl (C=O) groups is 1. The van der Waals surface area contributed by atoms with Gasteiger partial charge < -0.3 is 10.1 Å². The number of ether oxygens (including phenoxy) is 1. The number of aromatic nitrogens is 2. The molecule has 1 amide bonds. The molecule has 5 rings (SSSR count). The van der Waals surface area contributed by atoms with Crippen molar-refractivity contribution in [3.8, 4) is 11.4 Å². The van der Waals surface area contributed by atoms with Crippen molar-refractivity contribution < 1.29 is 17.9 Å². The molecule has 3 aromatic carbocycles. The Morgan fingerprint density at radius 2 is 1.73 bits per heavy atom. The molecule has 0 bridgehead atoms. The van der Waals surface area contributed by atoms with Gasteiger partial charge in [-0.1, -0.05) is 50.3 Å². The molecular formula is C32H37N7O4S. The quantitative estimate of drug-likeness (QED) is 0.238. The first-order chi connectivity index (χ1) is 20.7. The zero-order valence-corrected chi connectivity index (χ0v) is 26.7. The highest BCUT2D eigenvalue weighted by molar-refractivity contribution is 7.92. The zero-order chi connectivity index (χ0) is 31.8. The standard InChI is InChI=1S/C32H37N7O4S/c1-20-13-14-22(31(40)34-26-16-23(32(3,4)5)17-27(30(26)43-6)36-44(7,41)42)15-29(20)38-19-28(35-37-38)25-18-33-39(21(25)2)24-11-9-8-10-12-24/h8-18,28,36H,19H2,1-7H3,(H,34,40). The molecule has 1 atom stereocenters. The molecule has 0 aliphatic carbocycles. The summed E-state index contributed by atoms with van der Waals surface area (Å²) in [6.07, 6.45) is 2.90. The molecule has 44 heavy (non-hydrogen) atoms. The first-order valence-electron chi connectivity index (χ1n) is 14.2. The van der Waals surface area contributed by atoms with Crippen LogP contribution in [0.2, 0.25) is 0 Å². The van der Waals surface area contributed by atoms with E-state index in [9.17, 15) is 13.2 Å². The van der Waals surface area contributed by atoms with Crippen LogP contribution in [0.25, 0.3) is 5.69 Å². The predicted molar refractivity (Wildman–Crippen MR) is 173 cm³/mol. The first-order valence-corrected chi connectivity index (χ1v) is 16.0. The molecule has 1 aliphatic heterocycles. The maximum absolute atomic E-state index is 13.6. The van der Waals surface area contributed by atoms with Gasteiger partial charge in [-0.25, -0.2) is 18.1 Å². The number of rotatable bonds is 8. The molecule has 2 heterocycles. The van der Waals surface area contributed by atoms with Gasteiger partial charge in [0.25, 0.3) is 5.91 Å². The van der Waals surface area contributed by atoms with E-state index in [2.05, 4.69) is 25.5 Å². The number of nitrogens with one attached hydrogen (secondary N) is 2. The normalized spacial score (nSPS) is 15.0. The zero-order valence-electron chi connectivity index (χ0n) is 25.9. The van der Waals surface area contributed by atoms with Crippen LogP contribution in [-0.4, -0.2) is 44.0 Å². The van der Waals surface area contributed by atoms with Gasteiger partial charge in [0.1, 0.15) is 6.04 Å². The summed E-state index contributed by atoms with van der Waals surface area (Å²) in [5.74, 6) is -0.166. The molecule has 4 aromatic rings. The lowest BCUT2D eigenvalue weighted by Crippen LogP contribution is -2.20. The Hall–Kier alpha value is -4.71. The second-order valence-corrected chi connectivity index (χ2v) is 13.7. The lowest BCUT2D eigenvalue weighted by molar-refractivity contribution is 0.102. The number of amides is 1.